The second-order valence-electron chi connectivity index (χ2n) is 8.40. The number of esters is 2. The third-order valence-electron chi connectivity index (χ3n) is 5.20. The minimum atomic E-state index is -0.756. The molecule has 1 heterocycles. The molecule has 1 N–H and O–H groups in total. The summed E-state index contributed by atoms with van der Waals surface area (Å²) in [6.07, 6.45) is 3.07. The van der Waals surface area contributed by atoms with Gasteiger partial charge in [-0.3, -0.25) is 4.79 Å². The number of carbonyl (C=O) groups excluding carboxylic acids is 3. The van der Waals surface area contributed by atoms with Gasteiger partial charge < -0.3 is 19.5 Å². The van der Waals surface area contributed by atoms with Gasteiger partial charge in [0.2, 0.25) is 0 Å². The highest BCUT2D eigenvalue weighted by molar-refractivity contribution is 7.17. The van der Waals surface area contributed by atoms with E-state index in [1.807, 2.05) is 13.8 Å². The highest BCUT2D eigenvalue weighted by atomic mass is 32.1. The predicted molar refractivity (Wildman–Crippen MR) is 127 cm³/mol. The summed E-state index contributed by atoms with van der Waals surface area (Å²) in [4.78, 5) is 38.6. The zero-order valence-corrected chi connectivity index (χ0v) is 20.4. The normalized spacial score (nSPS) is 13.7. The lowest BCUT2D eigenvalue weighted by molar-refractivity contribution is -0.152. The van der Waals surface area contributed by atoms with Crippen molar-refractivity contribution in [3.63, 3.8) is 0 Å². The van der Waals surface area contributed by atoms with E-state index >= 15 is 0 Å². The van der Waals surface area contributed by atoms with Gasteiger partial charge in [-0.1, -0.05) is 13.8 Å². The van der Waals surface area contributed by atoms with Gasteiger partial charge in [0.05, 0.1) is 18.8 Å². The van der Waals surface area contributed by atoms with Crippen molar-refractivity contribution in [3.8, 4) is 5.75 Å². The number of benzene rings is 1. The van der Waals surface area contributed by atoms with Gasteiger partial charge >= 0.3 is 11.9 Å². The van der Waals surface area contributed by atoms with E-state index in [2.05, 4.69) is 5.32 Å². The van der Waals surface area contributed by atoms with Crippen molar-refractivity contribution in [2.24, 2.45) is 5.92 Å². The Morgan fingerprint density at radius 3 is 2.39 bits per heavy atom. The minimum Gasteiger partial charge on any atom is -0.479 e. The largest absolute Gasteiger partial charge is 0.479 e. The van der Waals surface area contributed by atoms with Crippen LogP contribution in [0.15, 0.2) is 24.3 Å². The molecular weight excluding hydrogens is 442 g/mol. The van der Waals surface area contributed by atoms with Crippen molar-refractivity contribution in [2.75, 3.05) is 18.5 Å². The van der Waals surface area contributed by atoms with Crippen LogP contribution < -0.4 is 10.1 Å². The number of fused-ring (bicyclic) bond motifs is 1. The average molecular weight is 474 g/mol. The maximum absolute atomic E-state index is 12.9. The number of hydrogen-bond donors (Lipinski definition) is 1. The van der Waals surface area contributed by atoms with Crippen LogP contribution in [0.2, 0.25) is 0 Å². The topological polar surface area (TPSA) is 90.9 Å². The van der Waals surface area contributed by atoms with Crippen LogP contribution in [-0.2, 0) is 27.1 Å². The molecule has 1 amide bonds. The Morgan fingerprint density at radius 1 is 1.03 bits per heavy atom. The monoisotopic (exact) mass is 473 g/mol. The van der Waals surface area contributed by atoms with E-state index in [9.17, 15) is 14.4 Å². The first-order chi connectivity index (χ1) is 15.8. The minimum absolute atomic E-state index is 0.247. The molecular formula is C25H31NO6S. The van der Waals surface area contributed by atoms with Crippen LogP contribution in [0.3, 0.4) is 0 Å². The summed E-state index contributed by atoms with van der Waals surface area (Å²) in [5, 5.41) is 3.43. The van der Waals surface area contributed by atoms with Gasteiger partial charge in [0, 0.05) is 10.4 Å². The molecule has 3 rings (SSSR count). The van der Waals surface area contributed by atoms with Gasteiger partial charge in [0.25, 0.3) is 5.91 Å². The lowest BCUT2D eigenvalue weighted by Crippen LogP contribution is -2.27. The van der Waals surface area contributed by atoms with Gasteiger partial charge in [0.15, 0.2) is 6.10 Å². The average Bonchev–Trinajstić information content (AvgIpc) is 3.15. The Balaban J connectivity index is 1.68. The number of nitrogens with one attached hydrogen (secondary N) is 1. The molecule has 0 spiro atoms. The van der Waals surface area contributed by atoms with Gasteiger partial charge in [-0.15, -0.1) is 11.3 Å². The number of ether oxygens (including phenoxy) is 3. The molecule has 7 nitrogen and oxygen atoms in total. The molecule has 0 saturated carbocycles. The summed E-state index contributed by atoms with van der Waals surface area (Å²) in [7, 11) is 0. The van der Waals surface area contributed by atoms with Crippen LogP contribution in [0.1, 0.15) is 71.7 Å². The molecule has 0 aliphatic heterocycles. The smallest absolute Gasteiger partial charge is 0.347 e. The summed E-state index contributed by atoms with van der Waals surface area (Å²) in [6.45, 7) is 7.93. The summed E-state index contributed by atoms with van der Waals surface area (Å²) >= 11 is 1.45. The molecule has 0 saturated heterocycles. The van der Waals surface area contributed by atoms with E-state index in [0.29, 0.717) is 28.5 Å². The molecule has 1 aliphatic carbocycles. The van der Waals surface area contributed by atoms with Crippen LogP contribution in [-0.4, -0.2) is 37.2 Å². The van der Waals surface area contributed by atoms with Gasteiger partial charge in [-0.05, 0) is 75.3 Å². The summed E-state index contributed by atoms with van der Waals surface area (Å²) in [6, 6.07) is 6.50. The van der Waals surface area contributed by atoms with Crippen molar-refractivity contribution in [2.45, 2.75) is 59.5 Å². The first kappa shape index (κ1) is 24.8. The van der Waals surface area contributed by atoms with Crippen LogP contribution in [0, 0.1) is 5.92 Å². The van der Waals surface area contributed by atoms with E-state index in [0.717, 1.165) is 36.1 Å². The van der Waals surface area contributed by atoms with Crippen molar-refractivity contribution in [3.05, 3.63) is 45.8 Å². The Kier molecular flexibility index (Phi) is 8.49. The molecule has 0 radical (unpaired) electrons. The molecule has 1 aromatic heterocycles. The molecule has 1 aromatic carbocycles. The highest BCUT2D eigenvalue weighted by Gasteiger charge is 2.27. The fraction of sp³-hybridized carbons (Fsp3) is 0.480. The van der Waals surface area contributed by atoms with Gasteiger partial charge in [0.1, 0.15) is 10.8 Å². The van der Waals surface area contributed by atoms with Crippen LogP contribution in [0.5, 0.6) is 5.75 Å². The summed E-state index contributed by atoms with van der Waals surface area (Å²) < 4.78 is 16.1. The first-order valence-corrected chi connectivity index (χ1v) is 12.2. The fourth-order valence-electron chi connectivity index (χ4n) is 3.55. The number of carbonyl (C=O) groups is 3. The Bertz CT molecular complexity index is 995. The Labute approximate surface area is 198 Å². The molecule has 1 atom stereocenters. The van der Waals surface area contributed by atoms with Gasteiger partial charge in [-0.2, -0.15) is 0 Å². The van der Waals surface area contributed by atoms with E-state index in [1.165, 1.54) is 11.3 Å². The molecule has 2 aromatic rings. The standard InChI is InChI=1S/C25H31NO6S/c1-5-30-25(29)21-19-8-6-7-9-20(19)33-23(21)26-22(27)17-10-12-18(13-11-17)32-16(4)24(28)31-14-15(2)3/h10-13,15-16H,5-9,14H2,1-4H3,(H,26,27)/t16-/m1/s1. The molecule has 0 bridgehead atoms. The lowest BCUT2D eigenvalue weighted by atomic mass is 9.95. The van der Waals surface area contributed by atoms with Crippen molar-refractivity contribution in [1.29, 1.82) is 0 Å². The van der Waals surface area contributed by atoms with Crippen molar-refractivity contribution in [1.82, 2.24) is 0 Å². The number of anilines is 1. The maximum Gasteiger partial charge on any atom is 0.347 e. The predicted octanol–water partition coefficient (Wildman–Crippen LogP) is 5.02. The number of rotatable bonds is 9. The quantitative estimate of drug-likeness (QED) is 0.514. The molecule has 8 heteroatoms. The highest BCUT2D eigenvalue weighted by Crippen LogP contribution is 2.38. The first-order valence-electron chi connectivity index (χ1n) is 11.4. The molecule has 178 valence electrons. The Morgan fingerprint density at radius 2 is 1.73 bits per heavy atom. The van der Waals surface area contributed by atoms with Gasteiger partial charge in [-0.25, -0.2) is 9.59 Å². The van der Waals surface area contributed by atoms with Crippen LogP contribution in [0.4, 0.5) is 5.00 Å². The number of amides is 1. The lowest BCUT2D eigenvalue weighted by Gasteiger charge is -2.15. The molecule has 0 unspecified atom stereocenters. The number of thiophene rings is 1. The number of hydrogen-bond acceptors (Lipinski definition) is 7. The van der Waals surface area contributed by atoms with E-state index in [-0.39, 0.29) is 18.4 Å². The zero-order valence-electron chi connectivity index (χ0n) is 19.6. The fourth-order valence-corrected chi connectivity index (χ4v) is 4.82. The van der Waals surface area contributed by atoms with Crippen molar-refractivity contribution >= 4 is 34.2 Å². The SMILES string of the molecule is CCOC(=O)c1c(NC(=O)c2ccc(O[C@H](C)C(=O)OCC(C)C)cc2)sc2c1CCCC2. The molecule has 33 heavy (non-hydrogen) atoms. The third-order valence-corrected chi connectivity index (χ3v) is 6.41. The second-order valence-corrected chi connectivity index (χ2v) is 9.50. The zero-order chi connectivity index (χ0) is 24.0. The van der Waals surface area contributed by atoms with E-state index in [4.69, 9.17) is 14.2 Å². The molecule has 1 aliphatic rings. The Hall–Kier alpha value is -2.87. The molecule has 0 fully saturated rings. The van der Waals surface area contributed by atoms with Crippen LogP contribution >= 0.6 is 11.3 Å². The third kappa shape index (κ3) is 6.35. The van der Waals surface area contributed by atoms with Crippen LogP contribution in [0.25, 0.3) is 0 Å². The maximum atomic E-state index is 12.9. The second kappa shape index (κ2) is 11.3. The number of aryl methyl sites for hydroxylation is 1. The van der Waals surface area contributed by atoms with E-state index < -0.39 is 18.0 Å². The summed E-state index contributed by atoms with van der Waals surface area (Å²) in [5.74, 6) is -0.445. The van der Waals surface area contributed by atoms with E-state index in [1.54, 1.807) is 38.1 Å². The van der Waals surface area contributed by atoms with Crippen molar-refractivity contribution < 1.29 is 28.6 Å². The summed E-state index contributed by atoms with van der Waals surface area (Å²) in [5.41, 5.74) is 1.90.